The van der Waals surface area contributed by atoms with Crippen LogP contribution in [0.4, 0.5) is 5.69 Å². The molecule has 2 aliphatic rings. The number of nitro groups is 1. The van der Waals surface area contributed by atoms with Gasteiger partial charge < -0.3 is 15.4 Å². The Labute approximate surface area is 154 Å². The molecule has 3 atom stereocenters. The number of guanidine groups is 1. The average molecular weight is 360 g/mol. The van der Waals surface area contributed by atoms with E-state index in [1.165, 1.54) is 37.8 Å². The fraction of sp³-hybridized carbons (Fsp3) is 0.632. The van der Waals surface area contributed by atoms with E-state index >= 15 is 0 Å². The standard InChI is InChI=1S/C19H28N4O3/c1-26-10-2-9-20-19(22-18-12-15-3-6-16(18)11-15)21-13-14-4-7-17(8-5-14)23(24)25/h4-5,7-8,15-16,18H,2-3,6,9-13H2,1H3,(H2,20,21,22). The first-order valence-corrected chi connectivity index (χ1v) is 9.43. The van der Waals surface area contributed by atoms with Crippen LogP contribution in [0.1, 0.15) is 37.7 Å². The van der Waals surface area contributed by atoms with Crippen molar-refractivity contribution in [1.29, 1.82) is 0 Å². The van der Waals surface area contributed by atoms with Crippen molar-refractivity contribution in [2.24, 2.45) is 16.8 Å². The van der Waals surface area contributed by atoms with Gasteiger partial charge in [-0.05, 0) is 43.1 Å². The summed E-state index contributed by atoms with van der Waals surface area (Å²) in [4.78, 5) is 15.1. The molecule has 0 saturated heterocycles. The van der Waals surface area contributed by atoms with Gasteiger partial charge in [0, 0.05) is 38.4 Å². The lowest BCUT2D eigenvalue weighted by Crippen LogP contribution is -2.46. The Balaban J connectivity index is 1.59. The smallest absolute Gasteiger partial charge is 0.269 e. The Bertz CT molecular complexity index is 632. The maximum atomic E-state index is 10.8. The first kappa shape index (κ1) is 18.6. The number of fused-ring (bicyclic) bond motifs is 2. The van der Waals surface area contributed by atoms with Gasteiger partial charge in [-0.15, -0.1) is 0 Å². The lowest BCUT2D eigenvalue weighted by Gasteiger charge is -2.25. The van der Waals surface area contributed by atoms with E-state index in [0.717, 1.165) is 42.9 Å². The number of aliphatic imine (C=N–C) groups is 1. The summed E-state index contributed by atoms with van der Waals surface area (Å²) in [6.07, 6.45) is 6.20. The molecule has 2 saturated carbocycles. The monoisotopic (exact) mass is 360 g/mol. The average Bonchev–Trinajstić information content (AvgIpc) is 3.26. The molecule has 2 fully saturated rings. The SMILES string of the molecule is COCCCNC(=NCc1ccc([N+](=O)[O-])cc1)NC1CC2CCC1C2. The second kappa shape index (κ2) is 8.98. The number of rotatable bonds is 8. The Morgan fingerprint density at radius 2 is 2.12 bits per heavy atom. The van der Waals surface area contributed by atoms with Gasteiger partial charge in [-0.25, -0.2) is 4.99 Å². The lowest BCUT2D eigenvalue weighted by atomic mass is 9.95. The molecule has 0 aromatic heterocycles. The van der Waals surface area contributed by atoms with Crippen LogP contribution in [0.25, 0.3) is 0 Å². The van der Waals surface area contributed by atoms with Crippen LogP contribution in [0.3, 0.4) is 0 Å². The molecule has 1 aromatic carbocycles. The maximum absolute atomic E-state index is 10.8. The van der Waals surface area contributed by atoms with Crippen molar-refractivity contribution in [2.75, 3.05) is 20.3 Å². The van der Waals surface area contributed by atoms with Crippen molar-refractivity contribution in [2.45, 2.75) is 44.7 Å². The Kier molecular flexibility index (Phi) is 6.44. The normalized spacial score (nSPS) is 24.7. The highest BCUT2D eigenvalue weighted by Gasteiger charge is 2.39. The second-order valence-corrected chi connectivity index (χ2v) is 7.29. The van der Waals surface area contributed by atoms with Crippen molar-refractivity contribution in [3.05, 3.63) is 39.9 Å². The predicted octanol–water partition coefficient (Wildman–Crippen LogP) is 2.86. The van der Waals surface area contributed by atoms with Gasteiger partial charge in [0.15, 0.2) is 5.96 Å². The van der Waals surface area contributed by atoms with Crippen molar-refractivity contribution in [3.63, 3.8) is 0 Å². The number of hydrogen-bond donors (Lipinski definition) is 2. The van der Waals surface area contributed by atoms with Crippen LogP contribution in [-0.4, -0.2) is 37.2 Å². The molecule has 7 nitrogen and oxygen atoms in total. The molecule has 3 rings (SSSR count). The summed E-state index contributed by atoms with van der Waals surface area (Å²) in [5.41, 5.74) is 1.07. The molecule has 0 amide bonds. The third-order valence-electron chi connectivity index (χ3n) is 5.44. The molecule has 0 aliphatic heterocycles. The number of hydrogen-bond acceptors (Lipinski definition) is 4. The minimum absolute atomic E-state index is 0.107. The Morgan fingerprint density at radius 3 is 2.73 bits per heavy atom. The van der Waals surface area contributed by atoms with Crippen LogP contribution < -0.4 is 10.6 Å². The zero-order valence-electron chi connectivity index (χ0n) is 15.3. The van der Waals surface area contributed by atoms with Crippen LogP contribution in [0.2, 0.25) is 0 Å². The van der Waals surface area contributed by atoms with Gasteiger partial charge in [-0.1, -0.05) is 18.6 Å². The van der Waals surface area contributed by atoms with E-state index in [1.54, 1.807) is 19.2 Å². The first-order valence-electron chi connectivity index (χ1n) is 9.43. The minimum atomic E-state index is -0.382. The number of ether oxygens (including phenoxy) is 1. The molecular formula is C19H28N4O3. The fourth-order valence-electron chi connectivity index (χ4n) is 4.07. The van der Waals surface area contributed by atoms with Crippen molar-refractivity contribution < 1.29 is 9.66 Å². The molecule has 0 spiro atoms. The molecule has 0 heterocycles. The zero-order chi connectivity index (χ0) is 18.4. The maximum Gasteiger partial charge on any atom is 0.269 e. The summed E-state index contributed by atoms with van der Waals surface area (Å²) >= 11 is 0. The van der Waals surface area contributed by atoms with Gasteiger partial charge in [0.25, 0.3) is 5.69 Å². The van der Waals surface area contributed by atoms with Crippen molar-refractivity contribution in [3.8, 4) is 0 Å². The number of nitro benzene ring substituents is 1. The summed E-state index contributed by atoms with van der Waals surface area (Å²) < 4.78 is 5.10. The van der Waals surface area contributed by atoms with Crippen LogP contribution in [0, 0.1) is 22.0 Å². The summed E-state index contributed by atoms with van der Waals surface area (Å²) in [5, 5.41) is 17.8. The molecule has 1 aromatic rings. The van der Waals surface area contributed by atoms with Gasteiger partial charge >= 0.3 is 0 Å². The zero-order valence-corrected chi connectivity index (χ0v) is 15.3. The van der Waals surface area contributed by atoms with Crippen LogP contribution >= 0.6 is 0 Å². The Morgan fingerprint density at radius 1 is 1.31 bits per heavy atom. The van der Waals surface area contributed by atoms with Gasteiger partial charge in [0.05, 0.1) is 11.5 Å². The van der Waals surface area contributed by atoms with Gasteiger partial charge in [-0.2, -0.15) is 0 Å². The largest absolute Gasteiger partial charge is 0.385 e. The number of non-ortho nitro benzene ring substituents is 1. The van der Waals surface area contributed by atoms with Crippen molar-refractivity contribution >= 4 is 11.6 Å². The topological polar surface area (TPSA) is 88.8 Å². The van der Waals surface area contributed by atoms with Gasteiger partial charge in [0.1, 0.15) is 0 Å². The van der Waals surface area contributed by atoms with E-state index in [9.17, 15) is 10.1 Å². The number of benzene rings is 1. The predicted molar refractivity (Wildman–Crippen MR) is 101 cm³/mol. The highest BCUT2D eigenvalue weighted by molar-refractivity contribution is 5.80. The summed E-state index contributed by atoms with van der Waals surface area (Å²) in [7, 11) is 1.71. The Hall–Kier alpha value is -2.15. The molecular weight excluding hydrogens is 332 g/mol. The molecule has 0 radical (unpaired) electrons. The third-order valence-corrected chi connectivity index (χ3v) is 5.44. The molecule has 142 valence electrons. The molecule has 26 heavy (non-hydrogen) atoms. The van der Waals surface area contributed by atoms with E-state index < -0.39 is 0 Å². The molecule has 7 heteroatoms. The molecule has 2 aliphatic carbocycles. The number of nitrogens with one attached hydrogen (secondary N) is 2. The summed E-state index contributed by atoms with van der Waals surface area (Å²) in [6.45, 7) is 2.02. The first-order chi connectivity index (χ1) is 12.7. The molecule has 2 N–H and O–H groups in total. The van der Waals surface area contributed by atoms with E-state index in [2.05, 4.69) is 10.6 Å². The third kappa shape index (κ3) is 4.94. The molecule has 3 unspecified atom stereocenters. The number of nitrogens with zero attached hydrogens (tertiary/aromatic N) is 2. The van der Waals surface area contributed by atoms with Crippen LogP contribution in [0.15, 0.2) is 29.3 Å². The van der Waals surface area contributed by atoms with E-state index in [-0.39, 0.29) is 10.6 Å². The highest BCUT2D eigenvalue weighted by Crippen LogP contribution is 2.44. The molecule has 2 bridgehead atoms. The van der Waals surface area contributed by atoms with E-state index in [1.807, 2.05) is 0 Å². The van der Waals surface area contributed by atoms with Crippen molar-refractivity contribution in [1.82, 2.24) is 10.6 Å². The second-order valence-electron chi connectivity index (χ2n) is 7.29. The minimum Gasteiger partial charge on any atom is -0.385 e. The van der Waals surface area contributed by atoms with Gasteiger partial charge in [0.2, 0.25) is 0 Å². The van der Waals surface area contributed by atoms with Crippen LogP contribution in [0.5, 0.6) is 0 Å². The summed E-state index contributed by atoms with van der Waals surface area (Å²) in [6, 6.07) is 7.10. The van der Waals surface area contributed by atoms with E-state index in [4.69, 9.17) is 9.73 Å². The van der Waals surface area contributed by atoms with Crippen LogP contribution in [-0.2, 0) is 11.3 Å². The lowest BCUT2D eigenvalue weighted by molar-refractivity contribution is -0.384. The quantitative estimate of drug-likeness (QED) is 0.245. The summed E-state index contributed by atoms with van der Waals surface area (Å²) in [5.74, 6) is 2.48. The van der Waals surface area contributed by atoms with Gasteiger partial charge in [-0.3, -0.25) is 10.1 Å². The fourth-order valence-corrected chi connectivity index (χ4v) is 4.07. The highest BCUT2D eigenvalue weighted by atomic mass is 16.6. The number of methoxy groups -OCH3 is 1. The van der Waals surface area contributed by atoms with E-state index in [0.29, 0.717) is 12.6 Å².